The fraction of sp³-hybridized carbons (Fsp3) is 0. The zero-order valence-electron chi connectivity index (χ0n) is 30.5. The fourth-order valence-corrected chi connectivity index (χ4v) is 8.62. The molecular weight excluding hydrogens is 699 g/mol. The van der Waals surface area contributed by atoms with Gasteiger partial charge in [-0.2, -0.15) is 9.97 Å². The van der Waals surface area contributed by atoms with E-state index >= 15 is 0 Å². The summed E-state index contributed by atoms with van der Waals surface area (Å²) < 4.78 is 11.7. The lowest BCUT2D eigenvalue weighted by molar-refractivity contribution is 0.673. The van der Waals surface area contributed by atoms with Crippen LogP contribution in [0.4, 0.5) is 0 Å². The van der Waals surface area contributed by atoms with Crippen LogP contribution in [0.3, 0.4) is 0 Å². The van der Waals surface area contributed by atoms with Gasteiger partial charge in [0.15, 0.2) is 22.8 Å². The van der Waals surface area contributed by atoms with Crippen molar-refractivity contribution in [2.75, 3.05) is 0 Å². The standard InChI is InChI=1S/C51H31N5O/c1-4-15-32(16-5-1)34-19-14-20-35(31-34)50-52-49(33-17-6-2-7-18-33)53-51(54-50)56-44-26-13-11-24-38(44)40-28-30-42-41-29-27-39-37-23-10-12-25-43(37)55(36-21-8-3-9-22-36)45(39)47(41)57-48(42)46(40)56/h1-31H. The summed E-state index contributed by atoms with van der Waals surface area (Å²) in [6, 6.07) is 65.4. The fourth-order valence-electron chi connectivity index (χ4n) is 8.62. The molecule has 266 valence electrons. The van der Waals surface area contributed by atoms with E-state index in [0.29, 0.717) is 17.6 Å². The van der Waals surface area contributed by atoms with Crippen LogP contribution in [-0.2, 0) is 0 Å². The molecule has 0 aliphatic heterocycles. The number of furan rings is 1. The van der Waals surface area contributed by atoms with E-state index in [1.165, 1.54) is 5.39 Å². The van der Waals surface area contributed by atoms with E-state index in [1.807, 2.05) is 36.4 Å². The number of para-hydroxylation sites is 3. The first-order valence-corrected chi connectivity index (χ1v) is 19.1. The molecule has 0 aliphatic carbocycles. The first kappa shape index (κ1) is 31.5. The molecule has 0 spiro atoms. The minimum absolute atomic E-state index is 0.520. The van der Waals surface area contributed by atoms with Crippen LogP contribution in [0.25, 0.3) is 111 Å². The third-order valence-electron chi connectivity index (χ3n) is 11.2. The Kier molecular flexibility index (Phi) is 6.83. The van der Waals surface area contributed by atoms with Gasteiger partial charge in [-0.3, -0.25) is 4.57 Å². The zero-order valence-corrected chi connectivity index (χ0v) is 30.5. The lowest BCUT2D eigenvalue weighted by Crippen LogP contribution is -2.06. The van der Waals surface area contributed by atoms with Crippen molar-refractivity contribution in [3.05, 3.63) is 188 Å². The Bertz CT molecular complexity index is 3510. The number of hydrogen-bond acceptors (Lipinski definition) is 4. The first-order valence-electron chi connectivity index (χ1n) is 19.1. The van der Waals surface area contributed by atoms with Crippen molar-refractivity contribution in [1.29, 1.82) is 0 Å². The Morgan fingerprint density at radius 2 is 0.807 bits per heavy atom. The van der Waals surface area contributed by atoms with E-state index < -0.39 is 0 Å². The van der Waals surface area contributed by atoms with Gasteiger partial charge < -0.3 is 8.98 Å². The number of aromatic nitrogens is 5. The first-order chi connectivity index (χ1) is 28.3. The van der Waals surface area contributed by atoms with Gasteiger partial charge in [-0.15, -0.1) is 0 Å². The van der Waals surface area contributed by atoms with Gasteiger partial charge in [-0.1, -0.05) is 146 Å². The highest BCUT2D eigenvalue weighted by Crippen LogP contribution is 2.44. The van der Waals surface area contributed by atoms with Crippen molar-refractivity contribution in [2.24, 2.45) is 0 Å². The van der Waals surface area contributed by atoms with Crippen LogP contribution in [0, 0.1) is 0 Å². The Morgan fingerprint density at radius 3 is 1.46 bits per heavy atom. The minimum atomic E-state index is 0.520. The largest absolute Gasteiger partial charge is 0.452 e. The summed E-state index contributed by atoms with van der Waals surface area (Å²) in [5.74, 6) is 1.71. The van der Waals surface area contributed by atoms with E-state index in [0.717, 1.165) is 88.1 Å². The van der Waals surface area contributed by atoms with Crippen LogP contribution in [0.5, 0.6) is 0 Å². The summed E-state index contributed by atoms with van der Waals surface area (Å²) in [4.78, 5) is 15.6. The van der Waals surface area contributed by atoms with Crippen LogP contribution in [-0.4, -0.2) is 24.1 Å². The van der Waals surface area contributed by atoms with Gasteiger partial charge in [-0.05, 0) is 53.6 Å². The highest BCUT2D eigenvalue weighted by atomic mass is 16.3. The Balaban J connectivity index is 1.18. The molecule has 0 amide bonds. The van der Waals surface area contributed by atoms with Gasteiger partial charge in [0, 0.05) is 49.1 Å². The molecule has 0 unspecified atom stereocenters. The van der Waals surface area contributed by atoms with Crippen molar-refractivity contribution in [2.45, 2.75) is 0 Å². The lowest BCUT2D eigenvalue weighted by Gasteiger charge is -2.11. The quantitative estimate of drug-likeness (QED) is 0.177. The van der Waals surface area contributed by atoms with Crippen LogP contribution in [0.2, 0.25) is 0 Å². The van der Waals surface area contributed by atoms with Crippen molar-refractivity contribution in [3.8, 4) is 45.5 Å². The maximum absolute atomic E-state index is 7.24. The molecule has 6 nitrogen and oxygen atoms in total. The van der Waals surface area contributed by atoms with E-state index in [-0.39, 0.29) is 0 Å². The molecule has 0 atom stereocenters. The number of benzene rings is 8. The second kappa shape index (κ2) is 12.3. The molecule has 0 N–H and O–H groups in total. The maximum Gasteiger partial charge on any atom is 0.238 e. The van der Waals surface area contributed by atoms with Gasteiger partial charge in [0.1, 0.15) is 5.52 Å². The van der Waals surface area contributed by atoms with Gasteiger partial charge in [-0.25, -0.2) is 4.98 Å². The van der Waals surface area contributed by atoms with Crippen LogP contribution in [0.1, 0.15) is 0 Å². The Morgan fingerprint density at radius 1 is 0.333 bits per heavy atom. The number of fused-ring (bicyclic) bond motifs is 11. The summed E-state index contributed by atoms with van der Waals surface area (Å²) in [6.45, 7) is 0. The smallest absolute Gasteiger partial charge is 0.238 e. The molecule has 57 heavy (non-hydrogen) atoms. The van der Waals surface area contributed by atoms with Crippen LogP contribution < -0.4 is 0 Å². The van der Waals surface area contributed by atoms with Crippen LogP contribution >= 0.6 is 0 Å². The number of rotatable bonds is 5. The zero-order chi connectivity index (χ0) is 37.5. The summed E-state index contributed by atoms with van der Waals surface area (Å²) in [5.41, 5.74) is 10.8. The van der Waals surface area contributed by atoms with Crippen molar-refractivity contribution in [3.63, 3.8) is 0 Å². The molecule has 0 radical (unpaired) electrons. The van der Waals surface area contributed by atoms with Crippen molar-refractivity contribution >= 4 is 65.6 Å². The van der Waals surface area contributed by atoms with Gasteiger partial charge in [0.05, 0.1) is 16.6 Å². The molecule has 8 aromatic carbocycles. The average Bonchev–Trinajstić information content (AvgIpc) is 3.95. The highest BCUT2D eigenvalue weighted by molar-refractivity contribution is 6.26. The molecular formula is C51H31N5O. The second-order valence-corrected chi connectivity index (χ2v) is 14.4. The molecule has 0 fully saturated rings. The SMILES string of the molecule is c1ccc(-c2cccc(-c3nc(-c4ccccc4)nc(-n4c5ccccc5c5ccc6c7ccc8c9ccccc9n(-c9ccccc9)c8c7oc6c54)n3)c2)cc1. The monoisotopic (exact) mass is 729 g/mol. The van der Waals surface area contributed by atoms with E-state index in [2.05, 4.69) is 161 Å². The molecule has 12 rings (SSSR count). The molecule has 4 aromatic heterocycles. The maximum atomic E-state index is 7.24. The molecule has 4 heterocycles. The molecule has 0 aliphatic rings. The number of hydrogen-bond donors (Lipinski definition) is 0. The molecule has 0 bridgehead atoms. The van der Waals surface area contributed by atoms with Crippen LogP contribution in [0.15, 0.2) is 192 Å². The third-order valence-corrected chi connectivity index (χ3v) is 11.2. The van der Waals surface area contributed by atoms with Gasteiger partial charge >= 0.3 is 0 Å². The molecule has 0 saturated carbocycles. The lowest BCUT2D eigenvalue weighted by atomic mass is 10.0. The summed E-state index contributed by atoms with van der Waals surface area (Å²) in [7, 11) is 0. The van der Waals surface area contributed by atoms with E-state index in [9.17, 15) is 0 Å². The Hall–Kier alpha value is -7.83. The normalized spacial score (nSPS) is 11.9. The van der Waals surface area contributed by atoms with Gasteiger partial charge in [0.25, 0.3) is 0 Å². The summed E-state index contributed by atoms with van der Waals surface area (Å²) in [6.07, 6.45) is 0. The van der Waals surface area contributed by atoms with E-state index in [1.54, 1.807) is 0 Å². The predicted octanol–water partition coefficient (Wildman–Crippen LogP) is 13.0. The summed E-state index contributed by atoms with van der Waals surface area (Å²) >= 11 is 0. The Labute approximate surface area is 326 Å². The highest BCUT2D eigenvalue weighted by Gasteiger charge is 2.24. The van der Waals surface area contributed by atoms with Crippen molar-refractivity contribution in [1.82, 2.24) is 24.1 Å². The second-order valence-electron chi connectivity index (χ2n) is 14.4. The minimum Gasteiger partial charge on any atom is -0.452 e. The van der Waals surface area contributed by atoms with Crippen molar-refractivity contribution < 1.29 is 4.42 Å². The van der Waals surface area contributed by atoms with Gasteiger partial charge in [0.2, 0.25) is 5.95 Å². The molecule has 0 saturated heterocycles. The number of nitrogens with zero attached hydrogens (tertiary/aromatic N) is 5. The third kappa shape index (κ3) is 4.81. The predicted molar refractivity (Wildman–Crippen MR) is 232 cm³/mol. The average molecular weight is 730 g/mol. The van der Waals surface area contributed by atoms with E-state index in [4.69, 9.17) is 19.4 Å². The summed E-state index contributed by atoms with van der Waals surface area (Å²) in [5, 5.41) is 6.56. The molecule has 12 aromatic rings. The topological polar surface area (TPSA) is 61.7 Å². The molecule has 6 heteroatoms.